The first-order chi connectivity index (χ1) is 12.4. The highest BCUT2D eigenvalue weighted by atomic mass is 79.9. The van der Waals surface area contributed by atoms with Crippen LogP contribution in [0.15, 0.2) is 28.7 Å². The van der Waals surface area contributed by atoms with E-state index in [1.807, 2.05) is 5.32 Å². The molecule has 0 bridgehead atoms. The van der Waals surface area contributed by atoms with E-state index in [1.165, 1.54) is 29.2 Å². The van der Waals surface area contributed by atoms with Gasteiger partial charge in [-0.05, 0) is 39.3 Å². The van der Waals surface area contributed by atoms with Crippen molar-refractivity contribution in [3.05, 3.63) is 34.3 Å². The van der Waals surface area contributed by atoms with Gasteiger partial charge in [-0.15, -0.1) is 0 Å². The van der Waals surface area contributed by atoms with Gasteiger partial charge in [-0.2, -0.15) is 0 Å². The van der Waals surface area contributed by atoms with Crippen LogP contribution in [0.5, 0.6) is 0 Å². The van der Waals surface area contributed by atoms with Gasteiger partial charge in [0.05, 0.1) is 5.92 Å². The molecule has 1 aliphatic rings. The number of halogens is 4. The zero-order chi connectivity index (χ0) is 20.4. The van der Waals surface area contributed by atoms with Crippen molar-refractivity contribution in [3.63, 3.8) is 0 Å². The average Bonchev–Trinajstić information content (AvgIpc) is 3.03. The molecular weight excluding hydrogens is 429 g/mol. The standard InChI is InChI=1S/C18H22BrF3N2O3/c1-17(2,3)27-16(26)24-9-8-11(10-24)14(25)23-18(22,15(20)21)12-4-6-13(19)7-5-12/h4-7,11,15H,8-10H2,1-3H3,(H,23,25). The Bertz CT molecular complexity index is 694. The highest BCUT2D eigenvalue weighted by Gasteiger charge is 2.46. The number of hydrogen-bond acceptors (Lipinski definition) is 3. The molecule has 1 aliphatic heterocycles. The minimum absolute atomic E-state index is 0.0135. The Labute approximate surface area is 164 Å². The SMILES string of the molecule is CC(C)(C)OC(=O)N1CCC(C(=O)NC(F)(c2ccc(Br)cc2)C(F)F)C1. The van der Waals surface area contributed by atoms with Crippen LogP contribution in [0.3, 0.4) is 0 Å². The first-order valence-electron chi connectivity index (χ1n) is 8.45. The normalized spacial score (nSPS) is 19.7. The molecule has 150 valence electrons. The van der Waals surface area contributed by atoms with Crippen LogP contribution in [-0.4, -0.2) is 42.0 Å². The second kappa shape index (κ2) is 8.08. The molecule has 9 heteroatoms. The van der Waals surface area contributed by atoms with Gasteiger partial charge in [0, 0.05) is 23.1 Å². The zero-order valence-corrected chi connectivity index (χ0v) is 16.9. The Morgan fingerprint density at radius 2 is 1.85 bits per heavy atom. The number of rotatable bonds is 4. The third kappa shape index (κ3) is 5.37. The minimum atomic E-state index is -3.45. The van der Waals surface area contributed by atoms with Crippen LogP contribution >= 0.6 is 15.9 Å². The summed E-state index contributed by atoms with van der Waals surface area (Å²) in [6, 6.07) is 5.19. The maximum atomic E-state index is 15.0. The number of benzene rings is 1. The maximum absolute atomic E-state index is 15.0. The van der Waals surface area contributed by atoms with Crippen molar-refractivity contribution in [2.24, 2.45) is 5.92 Å². The number of carbonyl (C=O) groups is 2. The van der Waals surface area contributed by atoms with Gasteiger partial charge in [0.15, 0.2) is 0 Å². The summed E-state index contributed by atoms with van der Waals surface area (Å²) in [7, 11) is 0. The highest BCUT2D eigenvalue weighted by Crippen LogP contribution is 2.32. The van der Waals surface area contributed by atoms with Crippen molar-refractivity contribution in [1.82, 2.24) is 10.2 Å². The molecule has 1 aromatic rings. The molecule has 2 rings (SSSR count). The molecule has 2 atom stereocenters. The van der Waals surface area contributed by atoms with Crippen molar-refractivity contribution in [3.8, 4) is 0 Å². The maximum Gasteiger partial charge on any atom is 0.410 e. The molecule has 1 saturated heterocycles. The molecule has 1 fully saturated rings. The third-order valence-corrected chi connectivity index (χ3v) is 4.61. The van der Waals surface area contributed by atoms with Crippen LogP contribution in [0.4, 0.5) is 18.0 Å². The summed E-state index contributed by atoms with van der Waals surface area (Å²) in [4.78, 5) is 25.8. The van der Waals surface area contributed by atoms with Gasteiger partial charge < -0.3 is 15.0 Å². The summed E-state index contributed by atoms with van der Waals surface area (Å²) in [6.45, 7) is 5.36. The van der Waals surface area contributed by atoms with Crippen molar-refractivity contribution in [1.29, 1.82) is 0 Å². The van der Waals surface area contributed by atoms with Crippen molar-refractivity contribution in [2.75, 3.05) is 13.1 Å². The number of alkyl halides is 3. The third-order valence-electron chi connectivity index (χ3n) is 4.08. The van der Waals surface area contributed by atoms with E-state index >= 15 is 0 Å². The lowest BCUT2D eigenvalue weighted by molar-refractivity contribution is -0.137. The number of amides is 2. The largest absolute Gasteiger partial charge is 0.444 e. The van der Waals surface area contributed by atoms with Gasteiger partial charge in [0.25, 0.3) is 12.2 Å². The molecule has 0 saturated carbocycles. The Morgan fingerprint density at radius 3 is 2.37 bits per heavy atom. The topological polar surface area (TPSA) is 58.6 Å². The molecule has 1 heterocycles. The summed E-state index contributed by atoms with van der Waals surface area (Å²) in [5.74, 6) is -4.97. The number of likely N-dealkylation sites (tertiary alicyclic amines) is 1. The van der Waals surface area contributed by atoms with Crippen molar-refractivity contribution in [2.45, 2.75) is 45.0 Å². The Balaban J connectivity index is 2.06. The Hall–Kier alpha value is -1.77. The summed E-state index contributed by atoms with van der Waals surface area (Å²) < 4.78 is 47.6. The molecule has 0 spiro atoms. The highest BCUT2D eigenvalue weighted by molar-refractivity contribution is 9.10. The molecule has 2 amide bonds. The summed E-state index contributed by atoms with van der Waals surface area (Å²) in [5.41, 5.74) is -1.04. The zero-order valence-electron chi connectivity index (χ0n) is 15.3. The monoisotopic (exact) mass is 450 g/mol. The van der Waals surface area contributed by atoms with Crippen LogP contribution in [0.1, 0.15) is 32.8 Å². The van der Waals surface area contributed by atoms with Crippen LogP contribution < -0.4 is 5.32 Å². The van der Waals surface area contributed by atoms with Gasteiger partial charge in [-0.3, -0.25) is 4.79 Å². The van der Waals surface area contributed by atoms with E-state index in [-0.39, 0.29) is 25.1 Å². The summed E-state index contributed by atoms with van der Waals surface area (Å²) in [6.07, 6.45) is -3.80. The summed E-state index contributed by atoms with van der Waals surface area (Å²) >= 11 is 3.15. The predicted molar refractivity (Wildman–Crippen MR) is 97.0 cm³/mol. The second-order valence-corrected chi connectivity index (χ2v) is 8.34. The fourth-order valence-corrected chi connectivity index (χ4v) is 2.96. The average molecular weight is 451 g/mol. The molecule has 5 nitrogen and oxygen atoms in total. The number of hydrogen-bond donors (Lipinski definition) is 1. The Morgan fingerprint density at radius 1 is 1.26 bits per heavy atom. The van der Waals surface area contributed by atoms with Gasteiger partial charge in [-0.25, -0.2) is 18.0 Å². The van der Waals surface area contributed by atoms with Gasteiger partial charge in [0.2, 0.25) is 5.91 Å². The van der Waals surface area contributed by atoms with E-state index in [0.29, 0.717) is 4.47 Å². The molecule has 1 aromatic carbocycles. The molecule has 1 N–H and O–H groups in total. The van der Waals surface area contributed by atoms with E-state index in [9.17, 15) is 22.8 Å². The smallest absolute Gasteiger partial charge is 0.410 e. The lowest BCUT2D eigenvalue weighted by atomic mass is 10.0. The fraction of sp³-hybridized carbons (Fsp3) is 0.556. The van der Waals surface area contributed by atoms with Crippen molar-refractivity contribution >= 4 is 27.9 Å². The molecule has 0 aliphatic carbocycles. The van der Waals surface area contributed by atoms with E-state index in [1.54, 1.807) is 20.8 Å². The second-order valence-electron chi connectivity index (χ2n) is 7.42. The van der Waals surface area contributed by atoms with E-state index in [2.05, 4.69) is 15.9 Å². The van der Waals surface area contributed by atoms with Gasteiger partial charge in [0.1, 0.15) is 5.60 Å². The molecular formula is C18H22BrF3N2O3. The fourth-order valence-electron chi connectivity index (χ4n) is 2.69. The quantitative estimate of drug-likeness (QED) is 0.698. The molecule has 2 unspecified atom stereocenters. The molecule has 0 radical (unpaired) electrons. The number of carbonyl (C=O) groups excluding carboxylic acids is 2. The van der Waals surface area contributed by atoms with E-state index in [4.69, 9.17) is 4.74 Å². The van der Waals surface area contributed by atoms with Crippen LogP contribution in [0.2, 0.25) is 0 Å². The van der Waals surface area contributed by atoms with Gasteiger partial charge in [-0.1, -0.05) is 28.1 Å². The summed E-state index contributed by atoms with van der Waals surface area (Å²) in [5, 5.41) is 1.83. The number of nitrogens with zero attached hydrogens (tertiary/aromatic N) is 1. The van der Waals surface area contributed by atoms with Crippen molar-refractivity contribution < 1.29 is 27.5 Å². The van der Waals surface area contributed by atoms with E-state index in [0.717, 1.165) is 0 Å². The minimum Gasteiger partial charge on any atom is -0.444 e. The molecule has 27 heavy (non-hydrogen) atoms. The first-order valence-corrected chi connectivity index (χ1v) is 9.25. The molecule has 0 aromatic heterocycles. The predicted octanol–water partition coefficient (Wildman–Crippen LogP) is 4.21. The van der Waals surface area contributed by atoms with Gasteiger partial charge >= 0.3 is 6.09 Å². The van der Waals surface area contributed by atoms with Crippen LogP contribution in [0.25, 0.3) is 0 Å². The Kier molecular flexibility index (Phi) is 6.44. The van der Waals surface area contributed by atoms with E-state index < -0.39 is 35.7 Å². The number of ether oxygens (including phenoxy) is 1. The number of nitrogens with one attached hydrogen (secondary N) is 1. The lowest BCUT2D eigenvalue weighted by Gasteiger charge is -2.28. The first kappa shape index (κ1) is 21.5. The van der Waals surface area contributed by atoms with Crippen LogP contribution in [0, 0.1) is 5.92 Å². The van der Waals surface area contributed by atoms with Crippen LogP contribution in [-0.2, 0) is 15.3 Å². The lowest BCUT2D eigenvalue weighted by Crippen LogP contribution is -2.50.